The molecule has 1 saturated heterocycles. The van der Waals surface area contributed by atoms with Crippen LogP contribution in [0.3, 0.4) is 0 Å². The van der Waals surface area contributed by atoms with Crippen molar-refractivity contribution in [3.05, 3.63) is 29.8 Å². The van der Waals surface area contributed by atoms with Crippen LogP contribution >= 0.6 is 0 Å². The monoisotopic (exact) mass is 179 g/mol. The molecule has 1 unspecified atom stereocenters. The Morgan fingerprint density at radius 3 is 2.77 bits per heavy atom. The molecule has 1 aliphatic rings. The van der Waals surface area contributed by atoms with Crippen molar-refractivity contribution in [3.63, 3.8) is 0 Å². The van der Waals surface area contributed by atoms with E-state index in [1.807, 2.05) is 24.3 Å². The second kappa shape index (κ2) is 3.77. The third-order valence-electron chi connectivity index (χ3n) is 1.91. The number of ether oxygens (including phenoxy) is 1. The lowest BCUT2D eigenvalue weighted by Gasteiger charge is -2.05. The molecule has 1 N–H and O–H groups in total. The summed E-state index contributed by atoms with van der Waals surface area (Å²) in [6.45, 7) is 3.51. The Kier molecular flexibility index (Phi) is 2.47. The van der Waals surface area contributed by atoms with Gasteiger partial charge < -0.3 is 4.74 Å². The lowest BCUT2D eigenvalue weighted by molar-refractivity contribution is 0.167. The van der Waals surface area contributed by atoms with Gasteiger partial charge in [-0.3, -0.25) is 10.3 Å². The van der Waals surface area contributed by atoms with Crippen molar-refractivity contribution in [2.24, 2.45) is 0 Å². The molecule has 3 heteroatoms. The fraction of sp³-hybridized carbons (Fsp3) is 0.400. The van der Waals surface area contributed by atoms with Gasteiger partial charge in [0.25, 0.3) is 0 Å². The molecule has 70 valence electrons. The summed E-state index contributed by atoms with van der Waals surface area (Å²) in [5, 5.41) is 0. The fourth-order valence-electron chi connectivity index (χ4n) is 1.00. The second-order valence-corrected chi connectivity index (χ2v) is 3.23. The van der Waals surface area contributed by atoms with Crippen LogP contribution in [0.5, 0.6) is 0 Å². The zero-order chi connectivity index (χ0) is 9.10. The Morgan fingerprint density at radius 1 is 1.46 bits per heavy atom. The van der Waals surface area contributed by atoms with Gasteiger partial charge in [-0.05, 0) is 19.1 Å². The van der Waals surface area contributed by atoms with Gasteiger partial charge in [-0.15, -0.1) is 0 Å². The number of hydrogen-bond donors (Lipinski definition) is 1. The number of aryl methyl sites for hydroxylation is 1. The van der Waals surface area contributed by atoms with Crippen LogP contribution in [0.1, 0.15) is 5.56 Å². The van der Waals surface area contributed by atoms with Gasteiger partial charge in [0, 0.05) is 0 Å². The first-order chi connectivity index (χ1) is 6.34. The molecule has 1 heterocycles. The first-order valence-electron chi connectivity index (χ1n) is 4.41. The molecule has 1 aromatic rings. The van der Waals surface area contributed by atoms with E-state index in [1.165, 1.54) is 5.56 Å². The first-order valence-corrected chi connectivity index (χ1v) is 4.41. The van der Waals surface area contributed by atoms with E-state index in [1.54, 1.807) is 0 Å². The highest BCUT2D eigenvalue weighted by Gasteiger charge is 2.22. The van der Waals surface area contributed by atoms with E-state index in [0.717, 1.165) is 12.3 Å². The molecule has 0 saturated carbocycles. The van der Waals surface area contributed by atoms with E-state index in [2.05, 4.69) is 12.4 Å². The highest BCUT2D eigenvalue weighted by molar-refractivity contribution is 5.42. The normalized spacial score (nSPS) is 19.9. The average molecular weight is 179 g/mol. The van der Waals surface area contributed by atoms with Crippen molar-refractivity contribution in [2.75, 3.05) is 18.7 Å². The first kappa shape index (κ1) is 8.53. The Labute approximate surface area is 77.6 Å². The summed E-state index contributed by atoms with van der Waals surface area (Å²) in [6.07, 6.45) is 0.304. The maximum atomic E-state index is 5.21. The molecule has 3 nitrogen and oxygen atoms in total. The largest absolute Gasteiger partial charge is 0.371 e. The molecular weight excluding hydrogens is 166 g/mol. The van der Waals surface area contributed by atoms with Crippen LogP contribution in [0.4, 0.5) is 5.69 Å². The SMILES string of the molecule is Cc1ccc(NOCC2CO2)cc1. The fourth-order valence-corrected chi connectivity index (χ4v) is 1.00. The molecule has 1 aromatic carbocycles. The minimum atomic E-state index is 0.304. The summed E-state index contributed by atoms with van der Waals surface area (Å²) in [5.41, 5.74) is 5.09. The van der Waals surface area contributed by atoms with Crippen LogP contribution in [0.25, 0.3) is 0 Å². The Bertz CT molecular complexity index is 267. The average Bonchev–Trinajstić information content (AvgIpc) is 2.92. The van der Waals surface area contributed by atoms with Crippen molar-refractivity contribution in [1.29, 1.82) is 0 Å². The molecule has 13 heavy (non-hydrogen) atoms. The molecule has 0 radical (unpaired) electrons. The standard InChI is InChI=1S/C10H13NO2/c1-8-2-4-9(5-3-8)11-13-7-10-6-12-10/h2-5,10-11H,6-7H2,1H3. The van der Waals surface area contributed by atoms with Crippen LogP contribution in [0.15, 0.2) is 24.3 Å². The molecule has 0 amide bonds. The van der Waals surface area contributed by atoms with Gasteiger partial charge in [-0.1, -0.05) is 17.7 Å². The van der Waals surface area contributed by atoms with Gasteiger partial charge in [0.15, 0.2) is 0 Å². The summed E-state index contributed by atoms with van der Waals surface area (Å²) in [4.78, 5) is 5.21. The van der Waals surface area contributed by atoms with Gasteiger partial charge in [-0.25, -0.2) is 0 Å². The minimum absolute atomic E-state index is 0.304. The van der Waals surface area contributed by atoms with Crippen molar-refractivity contribution >= 4 is 5.69 Å². The quantitative estimate of drug-likeness (QED) is 0.564. The number of hydrogen-bond acceptors (Lipinski definition) is 3. The van der Waals surface area contributed by atoms with Gasteiger partial charge in [0.1, 0.15) is 12.7 Å². The third kappa shape index (κ3) is 2.72. The van der Waals surface area contributed by atoms with Crippen LogP contribution in [-0.2, 0) is 9.57 Å². The van der Waals surface area contributed by atoms with Crippen molar-refractivity contribution in [2.45, 2.75) is 13.0 Å². The number of nitrogens with one attached hydrogen (secondary N) is 1. The van der Waals surface area contributed by atoms with Crippen molar-refractivity contribution in [1.82, 2.24) is 0 Å². The maximum absolute atomic E-state index is 5.21. The molecular formula is C10H13NO2. The van der Waals surface area contributed by atoms with E-state index >= 15 is 0 Å². The highest BCUT2D eigenvalue weighted by Crippen LogP contribution is 2.11. The van der Waals surface area contributed by atoms with Gasteiger partial charge in [-0.2, -0.15) is 0 Å². The van der Waals surface area contributed by atoms with E-state index in [9.17, 15) is 0 Å². The molecule has 1 aliphatic heterocycles. The Morgan fingerprint density at radius 2 is 2.15 bits per heavy atom. The second-order valence-electron chi connectivity index (χ2n) is 3.23. The summed E-state index contributed by atoms with van der Waals surface area (Å²) in [5.74, 6) is 0. The topological polar surface area (TPSA) is 33.8 Å². The zero-order valence-electron chi connectivity index (χ0n) is 7.62. The van der Waals surface area contributed by atoms with Crippen LogP contribution in [-0.4, -0.2) is 19.3 Å². The number of anilines is 1. The van der Waals surface area contributed by atoms with Crippen LogP contribution < -0.4 is 5.48 Å². The number of benzene rings is 1. The van der Waals surface area contributed by atoms with E-state index < -0.39 is 0 Å². The smallest absolute Gasteiger partial charge is 0.107 e. The minimum Gasteiger partial charge on any atom is -0.371 e. The predicted molar refractivity (Wildman–Crippen MR) is 50.5 cm³/mol. The molecule has 1 atom stereocenters. The molecule has 2 rings (SSSR count). The van der Waals surface area contributed by atoms with Crippen molar-refractivity contribution in [3.8, 4) is 0 Å². The number of rotatable bonds is 4. The molecule has 0 aliphatic carbocycles. The third-order valence-corrected chi connectivity index (χ3v) is 1.91. The lowest BCUT2D eigenvalue weighted by atomic mass is 10.2. The van der Waals surface area contributed by atoms with Gasteiger partial charge in [0.2, 0.25) is 0 Å². The van der Waals surface area contributed by atoms with Crippen molar-refractivity contribution < 1.29 is 9.57 Å². The van der Waals surface area contributed by atoms with Crippen LogP contribution in [0, 0.1) is 6.92 Å². The van der Waals surface area contributed by atoms with E-state index in [4.69, 9.17) is 9.57 Å². The lowest BCUT2D eigenvalue weighted by Crippen LogP contribution is -2.07. The molecule has 0 spiro atoms. The summed E-state index contributed by atoms with van der Waals surface area (Å²) in [7, 11) is 0. The Hall–Kier alpha value is -1.06. The van der Waals surface area contributed by atoms with Crippen LogP contribution in [0.2, 0.25) is 0 Å². The highest BCUT2D eigenvalue weighted by atomic mass is 16.7. The maximum Gasteiger partial charge on any atom is 0.107 e. The summed E-state index contributed by atoms with van der Waals surface area (Å²) in [6, 6.07) is 8.06. The predicted octanol–water partition coefficient (Wildman–Crippen LogP) is 1.74. The summed E-state index contributed by atoms with van der Waals surface area (Å²) < 4.78 is 5.00. The Balaban J connectivity index is 1.76. The van der Waals surface area contributed by atoms with Gasteiger partial charge >= 0.3 is 0 Å². The zero-order valence-corrected chi connectivity index (χ0v) is 7.62. The molecule has 1 fully saturated rings. The molecule has 0 aromatic heterocycles. The van der Waals surface area contributed by atoms with E-state index in [0.29, 0.717) is 12.7 Å². The number of epoxide rings is 1. The summed E-state index contributed by atoms with van der Waals surface area (Å²) >= 11 is 0. The van der Waals surface area contributed by atoms with Gasteiger partial charge in [0.05, 0.1) is 12.3 Å². The van der Waals surface area contributed by atoms with E-state index in [-0.39, 0.29) is 0 Å². The molecule has 0 bridgehead atoms.